The lowest BCUT2D eigenvalue weighted by molar-refractivity contribution is -0.668. The summed E-state index contributed by atoms with van der Waals surface area (Å²) in [4.78, 5) is 6.97. The van der Waals surface area contributed by atoms with Crippen molar-refractivity contribution < 1.29 is 17.5 Å². The van der Waals surface area contributed by atoms with Gasteiger partial charge in [-0.15, -0.1) is 0 Å². The molecule has 0 amide bonds. The van der Waals surface area contributed by atoms with E-state index in [2.05, 4.69) is 67.9 Å². The molecule has 0 aliphatic carbocycles. The highest BCUT2D eigenvalue weighted by atomic mass is 79.9. The zero-order chi connectivity index (χ0) is 27.9. The molecule has 1 aliphatic heterocycles. The summed E-state index contributed by atoms with van der Waals surface area (Å²) >= 11 is 5.26. The van der Waals surface area contributed by atoms with Crippen molar-refractivity contribution in [3.05, 3.63) is 112 Å². The first-order valence-electron chi connectivity index (χ1n) is 12.7. The van der Waals surface area contributed by atoms with Gasteiger partial charge in [0.25, 0.3) is 15.1 Å². The van der Waals surface area contributed by atoms with E-state index in [1.807, 2.05) is 60.1 Å². The van der Waals surface area contributed by atoms with Crippen LogP contribution in [0.3, 0.4) is 0 Å². The number of aryl methyl sites for hydroxylation is 1. The smallest absolute Gasteiger partial charge is 0.265 e. The fourth-order valence-electron chi connectivity index (χ4n) is 5.03. The van der Waals surface area contributed by atoms with E-state index in [0.29, 0.717) is 13.0 Å². The number of benzene rings is 3. The van der Waals surface area contributed by atoms with Crippen molar-refractivity contribution >= 4 is 76.3 Å². The number of imidazole rings is 1. The van der Waals surface area contributed by atoms with Gasteiger partial charge in [-0.05, 0) is 51.8 Å². The van der Waals surface area contributed by atoms with E-state index in [4.69, 9.17) is 4.98 Å². The Kier molecular flexibility index (Phi) is 7.18. The van der Waals surface area contributed by atoms with Gasteiger partial charge in [-0.2, -0.15) is 13.0 Å². The molecule has 0 spiro atoms. The van der Waals surface area contributed by atoms with Gasteiger partial charge in [0.2, 0.25) is 5.52 Å². The van der Waals surface area contributed by atoms with Crippen molar-refractivity contribution in [2.45, 2.75) is 13.0 Å². The maximum atomic E-state index is 11.4. The maximum Gasteiger partial charge on any atom is 0.265 e. The lowest BCUT2D eigenvalue weighted by Crippen LogP contribution is -2.36. The van der Waals surface area contributed by atoms with Gasteiger partial charge in [-0.3, -0.25) is 4.55 Å². The van der Waals surface area contributed by atoms with Crippen LogP contribution in [0.15, 0.2) is 95.7 Å². The molecule has 40 heavy (non-hydrogen) atoms. The van der Waals surface area contributed by atoms with Crippen LogP contribution in [0.5, 0.6) is 0 Å². The quantitative estimate of drug-likeness (QED) is 0.159. The summed E-state index contributed by atoms with van der Waals surface area (Å²) in [5, 5.41) is 0.992. The normalized spacial score (nSPS) is 14.5. The molecule has 3 aromatic carbocycles. The molecule has 202 valence electrons. The van der Waals surface area contributed by atoms with Crippen LogP contribution in [-0.2, 0) is 23.7 Å². The van der Waals surface area contributed by atoms with Crippen LogP contribution in [0.25, 0.3) is 27.6 Å². The Hall–Kier alpha value is -3.57. The molecule has 3 heterocycles. The SMILES string of the molecule is Cn1c(Br)cnc1C1=C/C(=C\c2sc3ccccc3[n+]2CCCS(=O)(=O)O)c2ccccc2N1c1ccccc1. The number of hydrogen-bond acceptors (Lipinski definition) is 5. The van der Waals surface area contributed by atoms with Crippen LogP contribution in [0, 0.1) is 0 Å². The number of fused-ring (bicyclic) bond motifs is 2. The Morgan fingerprint density at radius 3 is 2.50 bits per heavy atom. The van der Waals surface area contributed by atoms with Crippen LogP contribution < -0.4 is 9.47 Å². The molecule has 0 atom stereocenters. The van der Waals surface area contributed by atoms with Gasteiger partial charge in [-0.25, -0.2) is 4.98 Å². The molecule has 0 saturated heterocycles. The van der Waals surface area contributed by atoms with Crippen molar-refractivity contribution in [1.29, 1.82) is 0 Å². The largest absolute Gasteiger partial charge is 0.321 e. The molecule has 0 saturated carbocycles. The first kappa shape index (κ1) is 26.6. The van der Waals surface area contributed by atoms with Gasteiger partial charge in [-0.1, -0.05) is 59.9 Å². The van der Waals surface area contributed by atoms with Crippen LogP contribution in [0.1, 0.15) is 22.8 Å². The molecule has 1 aliphatic rings. The highest BCUT2D eigenvalue weighted by molar-refractivity contribution is 9.10. The van der Waals surface area contributed by atoms with Crippen LogP contribution in [-0.4, -0.2) is 28.3 Å². The van der Waals surface area contributed by atoms with E-state index < -0.39 is 10.1 Å². The van der Waals surface area contributed by atoms with Gasteiger partial charge >= 0.3 is 0 Å². The topological polar surface area (TPSA) is 79.3 Å². The first-order chi connectivity index (χ1) is 19.3. The molecule has 2 aromatic heterocycles. The maximum absolute atomic E-state index is 11.4. The molecule has 0 unspecified atom stereocenters. The zero-order valence-electron chi connectivity index (χ0n) is 21.6. The van der Waals surface area contributed by atoms with Gasteiger partial charge in [0.05, 0.1) is 23.3 Å². The van der Waals surface area contributed by atoms with Crippen LogP contribution in [0.4, 0.5) is 11.4 Å². The van der Waals surface area contributed by atoms with E-state index >= 15 is 0 Å². The number of thiazole rings is 1. The predicted octanol–water partition coefficient (Wildman–Crippen LogP) is 6.70. The van der Waals surface area contributed by atoms with Crippen molar-refractivity contribution in [2.24, 2.45) is 7.05 Å². The molecular formula is C30H26BrN4O3S2+. The van der Waals surface area contributed by atoms with E-state index in [9.17, 15) is 13.0 Å². The number of allylic oxidation sites excluding steroid dienone is 2. The molecule has 0 fully saturated rings. The van der Waals surface area contributed by atoms with E-state index in [-0.39, 0.29) is 5.75 Å². The summed E-state index contributed by atoms with van der Waals surface area (Å²) in [5.74, 6) is 0.529. The third-order valence-electron chi connectivity index (χ3n) is 6.86. The number of para-hydroxylation sites is 3. The summed E-state index contributed by atoms with van der Waals surface area (Å²) in [7, 11) is -2.06. The Labute approximate surface area is 245 Å². The Bertz CT molecular complexity index is 1890. The minimum absolute atomic E-state index is 0.285. The van der Waals surface area contributed by atoms with Gasteiger partial charge in [0.15, 0.2) is 12.4 Å². The van der Waals surface area contributed by atoms with Crippen molar-refractivity contribution in [1.82, 2.24) is 9.55 Å². The zero-order valence-corrected chi connectivity index (χ0v) is 24.8. The fraction of sp³-hybridized carbons (Fsp3) is 0.133. The third-order valence-corrected chi connectivity index (χ3v) is 9.52. The van der Waals surface area contributed by atoms with Crippen molar-refractivity contribution in [3.8, 4) is 0 Å². The average molecular weight is 635 g/mol. The van der Waals surface area contributed by atoms with Crippen LogP contribution >= 0.6 is 27.3 Å². The molecule has 7 nitrogen and oxygen atoms in total. The van der Waals surface area contributed by atoms with E-state index in [1.54, 1.807) is 17.5 Å². The number of rotatable bonds is 7. The number of anilines is 2. The first-order valence-corrected chi connectivity index (χ1v) is 15.9. The average Bonchev–Trinajstić information content (AvgIpc) is 3.47. The molecule has 5 aromatic rings. The Morgan fingerprint density at radius 1 is 1.02 bits per heavy atom. The molecule has 10 heteroatoms. The van der Waals surface area contributed by atoms with Crippen molar-refractivity contribution in [2.75, 3.05) is 10.7 Å². The minimum atomic E-state index is -4.04. The highest BCUT2D eigenvalue weighted by Gasteiger charge is 2.29. The van der Waals surface area contributed by atoms with E-state index in [0.717, 1.165) is 53.9 Å². The second kappa shape index (κ2) is 10.8. The summed E-state index contributed by atoms with van der Waals surface area (Å²) in [6.07, 6.45) is 6.44. The molecular weight excluding hydrogens is 608 g/mol. The van der Waals surface area contributed by atoms with Crippen LogP contribution in [0.2, 0.25) is 0 Å². The standard InChI is InChI=1S/C30H25BrN4O3S2/c1-33-28(31)20-32-30(33)26-18-21(23-12-5-6-13-24(23)35(26)22-10-3-2-4-11-22)19-29-34(16-9-17-40(36,37)38)25-14-7-8-15-27(25)39-29/h2-8,10-15,18-20H,9,16-17H2,1H3/p+1. The Morgan fingerprint density at radius 2 is 1.75 bits per heavy atom. The number of halogens is 1. The van der Waals surface area contributed by atoms with Gasteiger partial charge in [0, 0.05) is 36.9 Å². The molecule has 0 radical (unpaired) electrons. The summed E-state index contributed by atoms with van der Waals surface area (Å²) in [5.41, 5.74) is 6.12. The monoisotopic (exact) mass is 633 g/mol. The van der Waals surface area contributed by atoms with Gasteiger partial charge in [0.1, 0.15) is 9.30 Å². The van der Waals surface area contributed by atoms with Gasteiger partial charge < -0.3 is 9.47 Å². The summed E-state index contributed by atoms with van der Waals surface area (Å²) in [6.45, 7) is 0.462. The lowest BCUT2D eigenvalue weighted by atomic mass is 9.96. The van der Waals surface area contributed by atoms with Crippen molar-refractivity contribution in [3.63, 3.8) is 0 Å². The number of hydrogen-bond donors (Lipinski definition) is 1. The minimum Gasteiger partial charge on any atom is -0.321 e. The highest BCUT2D eigenvalue weighted by Crippen LogP contribution is 2.44. The number of aromatic nitrogens is 3. The summed E-state index contributed by atoms with van der Waals surface area (Å²) < 4.78 is 38.3. The van der Waals surface area contributed by atoms with E-state index in [1.165, 1.54) is 0 Å². The fourth-order valence-corrected chi connectivity index (χ4v) is 6.93. The second-order valence-corrected chi connectivity index (χ2v) is 12.9. The molecule has 1 N–H and O–H groups in total. The third kappa shape index (κ3) is 5.15. The lowest BCUT2D eigenvalue weighted by Gasteiger charge is -2.33. The molecule has 0 bridgehead atoms. The predicted molar refractivity (Wildman–Crippen MR) is 165 cm³/mol. The molecule has 6 rings (SSSR count). The second-order valence-electron chi connectivity index (χ2n) is 9.48. The number of nitrogens with zero attached hydrogens (tertiary/aromatic N) is 4. The Balaban J connectivity index is 1.55. The summed E-state index contributed by atoms with van der Waals surface area (Å²) in [6, 6.07) is 26.7.